The zero-order valence-electron chi connectivity index (χ0n) is 14.6. The van der Waals surface area contributed by atoms with E-state index >= 15 is 0 Å². The van der Waals surface area contributed by atoms with E-state index in [9.17, 15) is 9.59 Å². The van der Waals surface area contributed by atoms with Crippen molar-refractivity contribution in [2.75, 3.05) is 46.4 Å². The fraction of sp³-hybridized carbons (Fsp3) is 0.882. The van der Waals surface area contributed by atoms with Crippen LogP contribution in [-0.2, 0) is 19.2 Å². The van der Waals surface area contributed by atoms with Gasteiger partial charge in [-0.15, -0.1) is 0 Å². The van der Waals surface area contributed by atoms with Crippen molar-refractivity contribution in [2.24, 2.45) is 11.8 Å². The standard InChI is InChI=1S/C17H27N3O4/c1-12-7-13(12)15(21)19-10-17(11-19)9-18(2)14(8-23-17)16(22)20-5-3-4-6-24-20/h12-14H,3-11H2,1-2H3. The molecule has 3 atom stereocenters. The Kier molecular flexibility index (Phi) is 4.05. The molecule has 134 valence electrons. The van der Waals surface area contributed by atoms with Gasteiger partial charge in [-0.1, -0.05) is 6.92 Å². The highest BCUT2D eigenvalue weighted by Crippen LogP contribution is 2.42. The topological polar surface area (TPSA) is 62.3 Å². The summed E-state index contributed by atoms with van der Waals surface area (Å²) in [5.41, 5.74) is -0.290. The van der Waals surface area contributed by atoms with E-state index in [2.05, 4.69) is 11.8 Å². The maximum atomic E-state index is 12.6. The number of likely N-dealkylation sites (N-methyl/N-ethyl adjacent to an activating group) is 1. The van der Waals surface area contributed by atoms with Crippen LogP contribution in [0.5, 0.6) is 0 Å². The molecule has 24 heavy (non-hydrogen) atoms. The second-order valence-corrected chi connectivity index (χ2v) is 7.92. The van der Waals surface area contributed by atoms with Crippen molar-refractivity contribution in [1.29, 1.82) is 0 Å². The van der Waals surface area contributed by atoms with Crippen molar-refractivity contribution in [3.63, 3.8) is 0 Å². The SMILES string of the molecule is CC1CC1C(=O)N1CC2(C1)CN(C)C(C(=O)N1CCCCO1)CO2. The Bertz CT molecular complexity index is 528. The number of carbonyl (C=O) groups is 2. The van der Waals surface area contributed by atoms with Gasteiger partial charge in [-0.05, 0) is 32.2 Å². The van der Waals surface area contributed by atoms with Gasteiger partial charge in [-0.25, -0.2) is 5.06 Å². The van der Waals surface area contributed by atoms with Crippen molar-refractivity contribution in [1.82, 2.24) is 14.9 Å². The first kappa shape index (κ1) is 16.3. The largest absolute Gasteiger partial charge is 0.368 e. The normalized spacial score (nSPS) is 35.7. The molecular formula is C17H27N3O4. The lowest BCUT2D eigenvalue weighted by atomic mass is 9.90. The minimum absolute atomic E-state index is 0.00823. The van der Waals surface area contributed by atoms with E-state index in [4.69, 9.17) is 9.57 Å². The maximum absolute atomic E-state index is 12.6. The second kappa shape index (κ2) is 5.97. The first-order chi connectivity index (χ1) is 11.5. The van der Waals surface area contributed by atoms with Gasteiger partial charge in [-0.3, -0.25) is 19.3 Å². The van der Waals surface area contributed by atoms with E-state index in [-0.39, 0.29) is 29.4 Å². The predicted molar refractivity (Wildman–Crippen MR) is 85.9 cm³/mol. The van der Waals surface area contributed by atoms with E-state index in [1.165, 1.54) is 5.06 Å². The molecule has 2 amide bonds. The molecule has 1 saturated carbocycles. The van der Waals surface area contributed by atoms with E-state index in [1.54, 1.807) is 0 Å². The lowest BCUT2D eigenvalue weighted by molar-refractivity contribution is -0.224. The minimum Gasteiger partial charge on any atom is -0.368 e. The van der Waals surface area contributed by atoms with Crippen LogP contribution >= 0.6 is 0 Å². The third-order valence-electron chi connectivity index (χ3n) is 5.85. The van der Waals surface area contributed by atoms with Crippen LogP contribution in [0.15, 0.2) is 0 Å². The molecule has 3 unspecified atom stereocenters. The average Bonchev–Trinajstić information content (AvgIpc) is 3.29. The number of carbonyl (C=O) groups excluding carboxylic acids is 2. The van der Waals surface area contributed by atoms with Gasteiger partial charge < -0.3 is 9.64 Å². The van der Waals surface area contributed by atoms with Crippen molar-refractivity contribution in [3.8, 4) is 0 Å². The minimum atomic E-state index is -0.290. The number of hydroxylamine groups is 2. The van der Waals surface area contributed by atoms with Crippen LogP contribution < -0.4 is 0 Å². The fourth-order valence-electron chi connectivity index (χ4n) is 4.09. The van der Waals surface area contributed by atoms with Crippen LogP contribution in [0.3, 0.4) is 0 Å². The summed E-state index contributed by atoms with van der Waals surface area (Å²) in [7, 11) is 1.96. The van der Waals surface area contributed by atoms with E-state index in [1.807, 2.05) is 11.9 Å². The van der Waals surface area contributed by atoms with Crippen molar-refractivity contribution < 1.29 is 19.2 Å². The van der Waals surface area contributed by atoms with Crippen LogP contribution in [0.4, 0.5) is 0 Å². The molecule has 3 heterocycles. The smallest absolute Gasteiger partial charge is 0.265 e. The van der Waals surface area contributed by atoms with Gasteiger partial charge in [0.1, 0.15) is 11.6 Å². The number of morpholine rings is 1. The number of hydrogen-bond donors (Lipinski definition) is 0. The molecule has 0 bridgehead atoms. The first-order valence-electron chi connectivity index (χ1n) is 9.06. The summed E-state index contributed by atoms with van der Waals surface area (Å²) in [5.74, 6) is 1.04. The van der Waals surface area contributed by atoms with Gasteiger partial charge >= 0.3 is 0 Å². The molecule has 4 rings (SSSR count). The summed E-state index contributed by atoms with van der Waals surface area (Å²) in [6.45, 7) is 5.76. The number of amides is 2. The van der Waals surface area contributed by atoms with Gasteiger partial charge in [0.25, 0.3) is 5.91 Å². The number of ether oxygens (including phenoxy) is 1. The van der Waals surface area contributed by atoms with E-state index in [0.29, 0.717) is 45.3 Å². The lowest BCUT2D eigenvalue weighted by Gasteiger charge is -2.55. The first-order valence-corrected chi connectivity index (χ1v) is 9.06. The number of likely N-dealkylation sites (tertiary alicyclic amines) is 1. The van der Waals surface area contributed by atoms with Crippen LogP contribution in [0.2, 0.25) is 0 Å². The molecule has 1 spiro atoms. The van der Waals surface area contributed by atoms with Crippen LogP contribution in [-0.4, -0.2) is 84.8 Å². The molecule has 1 aliphatic carbocycles. The van der Waals surface area contributed by atoms with E-state index in [0.717, 1.165) is 19.3 Å². The molecule has 4 aliphatic rings. The van der Waals surface area contributed by atoms with Gasteiger partial charge in [0.2, 0.25) is 5.91 Å². The zero-order valence-corrected chi connectivity index (χ0v) is 14.6. The van der Waals surface area contributed by atoms with Gasteiger partial charge in [0.15, 0.2) is 0 Å². The van der Waals surface area contributed by atoms with Gasteiger partial charge in [0.05, 0.1) is 26.3 Å². The highest BCUT2D eigenvalue weighted by molar-refractivity contribution is 5.83. The Morgan fingerprint density at radius 3 is 2.46 bits per heavy atom. The second-order valence-electron chi connectivity index (χ2n) is 7.92. The Hall–Kier alpha value is -1.18. The molecule has 7 nitrogen and oxygen atoms in total. The van der Waals surface area contributed by atoms with Crippen LogP contribution in [0.25, 0.3) is 0 Å². The maximum Gasteiger partial charge on any atom is 0.265 e. The average molecular weight is 337 g/mol. The predicted octanol–water partition coefficient (Wildman–Crippen LogP) is 0.108. The highest BCUT2D eigenvalue weighted by atomic mass is 16.7. The molecule has 3 aliphatic heterocycles. The summed E-state index contributed by atoms with van der Waals surface area (Å²) < 4.78 is 6.07. The molecule has 0 aromatic rings. The van der Waals surface area contributed by atoms with Crippen molar-refractivity contribution >= 4 is 11.8 Å². The zero-order chi connectivity index (χ0) is 16.9. The summed E-state index contributed by atoms with van der Waals surface area (Å²) in [5, 5.41) is 1.50. The Morgan fingerprint density at radius 1 is 1.12 bits per heavy atom. The van der Waals surface area contributed by atoms with Crippen LogP contribution in [0.1, 0.15) is 26.2 Å². The molecule has 3 saturated heterocycles. The summed E-state index contributed by atoms with van der Waals surface area (Å²) >= 11 is 0. The van der Waals surface area contributed by atoms with Gasteiger partial charge in [0, 0.05) is 19.0 Å². The molecule has 0 aromatic heterocycles. The number of nitrogens with zero attached hydrogens (tertiary/aromatic N) is 3. The third-order valence-corrected chi connectivity index (χ3v) is 5.85. The molecule has 0 radical (unpaired) electrons. The Labute approximate surface area is 142 Å². The quantitative estimate of drug-likeness (QED) is 0.716. The Morgan fingerprint density at radius 2 is 1.88 bits per heavy atom. The molecule has 7 heteroatoms. The molecule has 4 fully saturated rings. The summed E-state index contributed by atoms with van der Waals surface area (Å²) in [4.78, 5) is 34.3. The van der Waals surface area contributed by atoms with Crippen molar-refractivity contribution in [2.45, 2.75) is 37.8 Å². The molecule has 0 N–H and O–H groups in total. The highest BCUT2D eigenvalue weighted by Gasteiger charge is 2.54. The molecular weight excluding hydrogens is 310 g/mol. The number of rotatable bonds is 2. The van der Waals surface area contributed by atoms with Crippen molar-refractivity contribution in [3.05, 3.63) is 0 Å². The monoisotopic (exact) mass is 337 g/mol. The Balaban J connectivity index is 1.30. The van der Waals surface area contributed by atoms with Crippen LogP contribution in [0, 0.1) is 11.8 Å². The number of hydrogen-bond acceptors (Lipinski definition) is 5. The van der Waals surface area contributed by atoms with E-state index < -0.39 is 0 Å². The fourth-order valence-corrected chi connectivity index (χ4v) is 4.09. The van der Waals surface area contributed by atoms with Gasteiger partial charge in [-0.2, -0.15) is 0 Å². The molecule has 0 aromatic carbocycles. The summed E-state index contributed by atoms with van der Waals surface area (Å²) in [6, 6.07) is -0.290. The summed E-state index contributed by atoms with van der Waals surface area (Å²) in [6.07, 6.45) is 3.02. The third kappa shape index (κ3) is 2.82. The lowest BCUT2D eigenvalue weighted by Crippen LogP contribution is -2.73.